The number of hydrogen-bond acceptors (Lipinski definition) is 3. The van der Waals surface area contributed by atoms with E-state index in [0.717, 1.165) is 24.5 Å². The Bertz CT molecular complexity index is 417. The molecule has 0 aromatic heterocycles. The largest absolute Gasteiger partial charge is 0.493 e. The summed E-state index contributed by atoms with van der Waals surface area (Å²) in [5, 5.41) is 3.63. The van der Waals surface area contributed by atoms with Crippen LogP contribution in [0, 0.1) is 5.92 Å². The SMILES string of the molecule is CCC1NCc2cc(OC)c(OC)cc2CC1C. The first-order chi connectivity index (χ1) is 8.69. The number of ether oxygens (including phenoxy) is 2. The molecule has 1 aliphatic heterocycles. The third-order valence-electron chi connectivity index (χ3n) is 3.93. The van der Waals surface area contributed by atoms with E-state index < -0.39 is 0 Å². The van der Waals surface area contributed by atoms with Gasteiger partial charge >= 0.3 is 0 Å². The monoisotopic (exact) mass is 249 g/mol. The molecular formula is C15H23NO2. The van der Waals surface area contributed by atoms with Gasteiger partial charge in [0, 0.05) is 12.6 Å². The molecule has 2 atom stereocenters. The summed E-state index contributed by atoms with van der Waals surface area (Å²) in [5.41, 5.74) is 2.71. The van der Waals surface area contributed by atoms with Gasteiger partial charge in [0.25, 0.3) is 0 Å². The highest BCUT2D eigenvalue weighted by molar-refractivity contribution is 5.48. The van der Waals surface area contributed by atoms with Crippen LogP contribution in [0.3, 0.4) is 0 Å². The topological polar surface area (TPSA) is 30.5 Å². The molecule has 3 heteroatoms. The average molecular weight is 249 g/mol. The van der Waals surface area contributed by atoms with Crippen LogP contribution in [0.5, 0.6) is 11.5 Å². The highest BCUT2D eigenvalue weighted by atomic mass is 16.5. The Labute approximate surface area is 109 Å². The molecule has 1 aliphatic rings. The molecule has 0 amide bonds. The highest BCUT2D eigenvalue weighted by Crippen LogP contribution is 2.33. The van der Waals surface area contributed by atoms with Gasteiger partial charge in [-0.05, 0) is 42.0 Å². The normalized spacial score (nSPS) is 23.1. The molecule has 0 saturated heterocycles. The maximum atomic E-state index is 5.39. The summed E-state index contributed by atoms with van der Waals surface area (Å²) in [7, 11) is 3.38. The van der Waals surface area contributed by atoms with E-state index in [-0.39, 0.29) is 0 Å². The lowest BCUT2D eigenvalue weighted by Crippen LogP contribution is -2.32. The fourth-order valence-corrected chi connectivity index (χ4v) is 2.80. The molecule has 1 heterocycles. The maximum Gasteiger partial charge on any atom is 0.161 e. The molecule has 0 bridgehead atoms. The van der Waals surface area contributed by atoms with Crippen LogP contribution in [0.4, 0.5) is 0 Å². The van der Waals surface area contributed by atoms with Crippen LogP contribution in [0.25, 0.3) is 0 Å². The van der Waals surface area contributed by atoms with E-state index >= 15 is 0 Å². The van der Waals surface area contributed by atoms with E-state index in [4.69, 9.17) is 9.47 Å². The van der Waals surface area contributed by atoms with Crippen molar-refractivity contribution >= 4 is 0 Å². The summed E-state index contributed by atoms with van der Waals surface area (Å²) in [6.45, 7) is 5.47. The van der Waals surface area contributed by atoms with Gasteiger partial charge in [0.1, 0.15) is 0 Å². The zero-order valence-electron chi connectivity index (χ0n) is 11.7. The number of rotatable bonds is 3. The second kappa shape index (κ2) is 5.61. The van der Waals surface area contributed by atoms with Crippen molar-refractivity contribution in [3.63, 3.8) is 0 Å². The zero-order chi connectivity index (χ0) is 13.1. The van der Waals surface area contributed by atoms with Gasteiger partial charge in [-0.25, -0.2) is 0 Å². The Morgan fingerprint density at radius 3 is 2.33 bits per heavy atom. The lowest BCUT2D eigenvalue weighted by atomic mass is 9.92. The van der Waals surface area contributed by atoms with Gasteiger partial charge < -0.3 is 14.8 Å². The van der Waals surface area contributed by atoms with Gasteiger partial charge in [-0.1, -0.05) is 13.8 Å². The molecule has 1 N–H and O–H groups in total. The van der Waals surface area contributed by atoms with Crippen molar-refractivity contribution in [1.82, 2.24) is 5.32 Å². The molecule has 100 valence electrons. The Balaban J connectivity index is 2.35. The predicted octanol–water partition coefficient (Wildman–Crippen LogP) is 2.76. The van der Waals surface area contributed by atoms with E-state index in [0.29, 0.717) is 12.0 Å². The van der Waals surface area contributed by atoms with Crippen LogP contribution in [-0.2, 0) is 13.0 Å². The summed E-state index contributed by atoms with van der Waals surface area (Å²) < 4.78 is 10.8. The van der Waals surface area contributed by atoms with Crippen LogP contribution >= 0.6 is 0 Å². The molecule has 0 spiro atoms. The highest BCUT2D eigenvalue weighted by Gasteiger charge is 2.22. The summed E-state index contributed by atoms with van der Waals surface area (Å²) in [6.07, 6.45) is 2.27. The first-order valence-electron chi connectivity index (χ1n) is 6.66. The van der Waals surface area contributed by atoms with E-state index in [1.165, 1.54) is 17.5 Å². The van der Waals surface area contributed by atoms with Crippen LogP contribution in [0.2, 0.25) is 0 Å². The lowest BCUT2D eigenvalue weighted by Gasteiger charge is -2.20. The molecule has 2 unspecified atom stereocenters. The lowest BCUT2D eigenvalue weighted by molar-refractivity contribution is 0.354. The number of methoxy groups -OCH3 is 2. The molecule has 2 rings (SSSR count). The molecule has 0 radical (unpaired) electrons. The summed E-state index contributed by atoms with van der Waals surface area (Å²) >= 11 is 0. The fourth-order valence-electron chi connectivity index (χ4n) is 2.80. The van der Waals surface area contributed by atoms with Crippen LogP contribution in [0.15, 0.2) is 12.1 Å². The quantitative estimate of drug-likeness (QED) is 0.893. The maximum absolute atomic E-state index is 5.39. The van der Waals surface area contributed by atoms with Crippen LogP contribution in [0.1, 0.15) is 31.4 Å². The van der Waals surface area contributed by atoms with Gasteiger partial charge in [0.2, 0.25) is 0 Å². The van der Waals surface area contributed by atoms with Gasteiger partial charge in [0.05, 0.1) is 14.2 Å². The van der Waals surface area contributed by atoms with Crippen molar-refractivity contribution in [2.24, 2.45) is 5.92 Å². The minimum atomic E-state index is 0.592. The molecule has 0 aliphatic carbocycles. The Morgan fingerprint density at radius 1 is 1.17 bits per heavy atom. The number of nitrogens with one attached hydrogen (secondary N) is 1. The number of fused-ring (bicyclic) bond motifs is 1. The minimum absolute atomic E-state index is 0.592. The molecule has 0 saturated carbocycles. The Hall–Kier alpha value is -1.22. The third-order valence-corrected chi connectivity index (χ3v) is 3.93. The van der Waals surface area contributed by atoms with Crippen LogP contribution in [-0.4, -0.2) is 20.3 Å². The third kappa shape index (κ3) is 2.46. The van der Waals surface area contributed by atoms with Crippen molar-refractivity contribution in [2.45, 2.75) is 39.3 Å². The number of hydrogen-bond donors (Lipinski definition) is 1. The molecule has 1 aromatic rings. The van der Waals surface area contributed by atoms with Crippen molar-refractivity contribution in [3.05, 3.63) is 23.3 Å². The molecular weight excluding hydrogens is 226 g/mol. The Kier molecular flexibility index (Phi) is 4.12. The minimum Gasteiger partial charge on any atom is -0.493 e. The molecule has 3 nitrogen and oxygen atoms in total. The second-order valence-electron chi connectivity index (χ2n) is 5.05. The van der Waals surface area contributed by atoms with Crippen molar-refractivity contribution in [2.75, 3.05) is 14.2 Å². The number of benzene rings is 1. The van der Waals surface area contributed by atoms with E-state index in [2.05, 4.69) is 31.3 Å². The van der Waals surface area contributed by atoms with Crippen molar-refractivity contribution in [1.29, 1.82) is 0 Å². The second-order valence-corrected chi connectivity index (χ2v) is 5.05. The van der Waals surface area contributed by atoms with Gasteiger partial charge in [-0.2, -0.15) is 0 Å². The molecule has 0 fully saturated rings. The van der Waals surface area contributed by atoms with Gasteiger partial charge in [0.15, 0.2) is 11.5 Å². The fraction of sp³-hybridized carbons (Fsp3) is 0.600. The van der Waals surface area contributed by atoms with Gasteiger partial charge in [-0.3, -0.25) is 0 Å². The average Bonchev–Trinajstić information content (AvgIpc) is 2.54. The van der Waals surface area contributed by atoms with E-state index in [1.807, 2.05) is 0 Å². The van der Waals surface area contributed by atoms with E-state index in [9.17, 15) is 0 Å². The smallest absolute Gasteiger partial charge is 0.161 e. The van der Waals surface area contributed by atoms with Crippen molar-refractivity contribution < 1.29 is 9.47 Å². The first-order valence-corrected chi connectivity index (χ1v) is 6.66. The predicted molar refractivity (Wildman–Crippen MR) is 73.3 cm³/mol. The van der Waals surface area contributed by atoms with Gasteiger partial charge in [-0.15, -0.1) is 0 Å². The summed E-state index contributed by atoms with van der Waals surface area (Å²) in [6, 6.07) is 4.82. The summed E-state index contributed by atoms with van der Waals surface area (Å²) in [5.74, 6) is 2.30. The molecule has 1 aromatic carbocycles. The molecule has 18 heavy (non-hydrogen) atoms. The summed E-state index contributed by atoms with van der Waals surface area (Å²) in [4.78, 5) is 0. The first kappa shape index (κ1) is 13.2. The standard InChI is InChI=1S/C15H23NO2/c1-5-13-10(2)6-11-7-14(17-3)15(18-4)8-12(11)9-16-13/h7-8,10,13,16H,5-6,9H2,1-4H3. The zero-order valence-corrected chi connectivity index (χ0v) is 11.7. The van der Waals surface area contributed by atoms with Crippen molar-refractivity contribution in [3.8, 4) is 11.5 Å². The van der Waals surface area contributed by atoms with E-state index in [1.54, 1.807) is 14.2 Å². The Morgan fingerprint density at radius 2 is 1.78 bits per heavy atom. The van der Waals surface area contributed by atoms with Crippen LogP contribution < -0.4 is 14.8 Å².